The van der Waals surface area contributed by atoms with Crippen LogP contribution in [-0.4, -0.2) is 47.0 Å². The second kappa shape index (κ2) is 6.76. The van der Waals surface area contributed by atoms with Gasteiger partial charge in [-0.1, -0.05) is 20.8 Å². The summed E-state index contributed by atoms with van der Waals surface area (Å²) in [4.78, 5) is 37.9. The lowest BCUT2D eigenvalue weighted by atomic mass is 9.85. The molecule has 132 valence electrons. The quantitative estimate of drug-likeness (QED) is 0.818. The number of nitrogens with one attached hydrogen (secondary N) is 1. The molecule has 23 heavy (non-hydrogen) atoms. The van der Waals surface area contributed by atoms with Crippen molar-refractivity contribution in [3.8, 4) is 0 Å². The van der Waals surface area contributed by atoms with E-state index < -0.39 is 35.1 Å². The molecule has 0 radical (unpaired) electrons. The predicted octanol–water partition coefficient (Wildman–Crippen LogP) is 1.40. The fourth-order valence-electron chi connectivity index (χ4n) is 2.57. The van der Waals surface area contributed by atoms with Gasteiger partial charge in [0.05, 0.1) is 0 Å². The summed E-state index contributed by atoms with van der Waals surface area (Å²) in [6.07, 6.45) is 0.633. The van der Waals surface area contributed by atoms with Gasteiger partial charge in [0.2, 0.25) is 11.8 Å². The van der Waals surface area contributed by atoms with Crippen molar-refractivity contribution < 1.29 is 19.1 Å². The molecule has 1 aliphatic heterocycles. The van der Waals surface area contributed by atoms with Gasteiger partial charge in [0.15, 0.2) is 0 Å². The van der Waals surface area contributed by atoms with Gasteiger partial charge in [-0.15, -0.1) is 0 Å². The van der Waals surface area contributed by atoms with E-state index in [0.717, 1.165) is 6.42 Å². The minimum Gasteiger partial charge on any atom is -0.444 e. The molecule has 1 saturated heterocycles. The molecular weight excluding hydrogens is 298 g/mol. The first kappa shape index (κ1) is 19.3. The molecule has 1 fully saturated rings. The standard InChI is InChI=1S/C16H29N3O4/c1-15(2,3)11(18-14(22)23-16(4,5)6)13(21)19-9-7-8-10(19)12(17)20/h10-11H,7-9H2,1-6H3,(H2,17,20)(H,18,22). The van der Waals surface area contributed by atoms with Crippen LogP contribution in [0, 0.1) is 5.41 Å². The number of hydrogen-bond acceptors (Lipinski definition) is 4. The Labute approximate surface area is 137 Å². The highest BCUT2D eigenvalue weighted by molar-refractivity contribution is 5.91. The molecule has 1 heterocycles. The highest BCUT2D eigenvalue weighted by Crippen LogP contribution is 2.26. The third-order valence-electron chi connectivity index (χ3n) is 3.64. The Bertz CT molecular complexity index is 477. The Hall–Kier alpha value is -1.79. The number of nitrogens with two attached hydrogens (primary N) is 1. The average Bonchev–Trinajstić information content (AvgIpc) is 2.80. The molecule has 0 aromatic heterocycles. The maximum Gasteiger partial charge on any atom is 0.408 e. The Kier molecular flexibility index (Phi) is 5.66. The number of amides is 3. The topological polar surface area (TPSA) is 102 Å². The fourth-order valence-corrected chi connectivity index (χ4v) is 2.57. The SMILES string of the molecule is CC(C)(C)OC(=O)NC(C(=O)N1CCCC1C(N)=O)C(C)(C)C. The van der Waals surface area contributed by atoms with Gasteiger partial charge in [-0.05, 0) is 39.0 Å². The van der Waals surface area contributed by atoms with Crippen LogP contribution in [0.5, 0.6) is 0 Å². The molecule has 1 aliphatic rings. The van der Waals surface area contributed by atoms with E-state index in [-0.39, 0.29) is 5.91 Å². The fraction of sp³-hybridized carbons (Fsp3) is 0.812. The number of alkyl carbamates (subject to hydrolysis) is 1. The molecular formula is C16H29N3O4. The highest BCUT2D eigenvalue weighted by Gasteiger charge is 2.41. The minimum absolute atomic E-state index is 0.301. The number of primary amides is 1. The zero-order chi connectivity index (χ0) is 18.0. The highest BCUT2D eigenvalue weighted by atomic mass is 16.6. The van der Waals surface area contributed by atoms with E-state index in [2.05, 4.69) is 5.32 Å². The molecule has 2 atom stereocenters. The maximum atomic E-state index is 12.9. The van der Waals surface area contributed by atoms with Crippen molar-refractivity contribution in [3.05, 3.63) is 0 Å². The van der Waals surface area contributed by atoms with Gasteiger partial charge in [-0.3, -0.25) is 9.59 Å². The smallest absolute Gasteiger partial charge is 0.408 e. The zero-order valence-electron chi connectivity index (χ0n) is 14.9. The molecule has 1 rings (SSSR count). The van der Waals surface area contributed by atoms with Crippen LogP contribution in [0.1, 0.15) is 54.4 Å². The lowest BCUT2D eigenvalue weighted by Gasteiger charge is -2.35. The van der Waals surface area contributed by atoms with E-state index in [1.165, 1.54) is 4.90 Å². The summed E-state index contributed by atoms with van der Waals surface area (Å²) in [6, 6.07) is -1.40. The maximum absolute atomic E-state index is 12.9. The van der Waals surface area contributed by atoms with E-state index in [0.29, 0.717) is 13.0 Å². The molecule has 0 saturated carbocycles. The van der Waals surface area contributed by atoms with Gasteiger partial charge < -0.3 is 20.7 Å². The summed E-state index contributed by atoms with van der Waals surface area (Å²) in [6.45, 7) is 11.3. The Morgan fingerprint density at radius 3 is 2.17 bits per heavy atom. The third kappa shape index (κ3) is 5.41. The van der Waals surface area contributed by atoms with E-state index in [1.807, 2.05) is 20.8 Å². The van der Waals surface area contributed by atoms with Crippen LogP contribution in [0.2, 0.25) is 0 Å². The first-order valence-electron chi connectivity index (χ1n) is 7.92. The van der Waals surface area contributed by atoms with Crippen LogP contribution in [0.4, 0.5) is 4.79 Å². The summed E-state index contributed by atoms with van der Waals surface area (Å²) in [5.74, 6) is -0.814. The number of hydrogen-bond donors (Lipinski definition) is 2. The molecule has 0 spiro atoms. The van der Waals surface area contributed by atoms with Crippen molar-refractivity contribution in [2.45, 2.75) is 72.1 Å². The van der Waals surface area contributed by atoms with Crippen molar-refractivity contribution >= 4 is 17.9 Å². The number of carbonyl (C=O) groups is 3. The average molecular weight is 327 g/mol. The van der Waals surface area contributed by atoms with Crippen molar-refractivity contribution in [1.29, 1.82) is 0 Å². The lowest BCUT2D eigenvalue weighted by molar-refractivity contribution is -0.141. The molecule has 0 bridgehead atoms. The van der Waals surface area contributed by atoms with Gasteiger partial charge in [0.1, 0.15) is 17.7 Å². The molecule has 7 nitrogen and oxygen atoms in total. The molecule has 0 aromatic carbocycles. The normalized spacial score (nSPS) is 20.1. The zero-order valence-corrected chi connectivity index (χ0v) is 14.9. The van der Waals surface area contributed by atoms with Crippen LogP contribution in [0.3, 0.4) is 0 Å². The van der Waals surface area contributed by atoms with E-state index >= 15 is 0 Å². The Morgan fingerprint density at radius 1 is 1.17 bits per heavy atom. The second-order valence-corrected chi connectivity index (χ2v) is 8.04. The van der Waals surface area contributed by atoms with Crippen molar-refractivity contribution in [2.75, 3.05) is 6.54 Å². The molecule has 0 aliphatic carbocycles. The van der Waals surface area contributed by atoms with Gasteiger partial charge in [0.25, 0.3) is 0 Å². The lowest BCUT2D eigenvalue weighted by Crippen LogP contribution is -2.57. The van der Waals surface area contributed by atoms with Gasteiger partial charge in [-0.25, -0.2) is 4.79 Å². The molecule has 2 unspecified atom stereocenters. The van der Waals surface area contributed by atoms with E-state index in [1.54, 1.807) is 20.8 Å². The minimum atomic E-state index is -0.794. The second-order valence-electron chi connectivity index (χ2n) is 8.04. The molecule has 7 heteroatoms. The predicted molar refractivity (Wildman–Crippen MR) is 86.5 cm³/mol. The van der Waals surface area contributed by atoms with Crippen LogP contribution in [-0.2, 0) is 14.3 Å². The number of rotatable bonds is 3. The van der Waals surface area contributed by atoms with E-state index in [9.17, 15) is 14.4 Å². The summed E-state index contributed by atoms with van der Waals surface area (Å²) in [5.41, 5.74) is 4.19. The number of nitrogens with zero attached hydrogens (tertiary/aromatic N) is 1. The monoisotopic (exact) mass is 327 g/mol. The number of likely N-dealkylation sites (tertiary alicyclic amines) is 1. The number of ether oxygens (including phenoxy) is 1. The first-order chi connectivity index (χ1) is 10.3. The number of carbonyl (C=O) groups excluding carboxylic acids is 3. The largest absolute Gasteiger partial charge is 0.444 e. The summed E-state index contributed by atoms with van der Waals surface area (Å²) < 4.78 is 5.24. The summed E-state index contributed by atoms with van der Waals surface area (Å²) in [7, 11) is 0. The van der Waals surface area contributed by atoms with Crippen molar-refractivity contribution in [2.24, 2.45) is 11.1 Å². The Balaban J connectivity index is 2.92. The van der Waals surface area contributed by atoms with Crippen LogP contribution >= 0.6 is 0 Å². The molecule has 3 N–H and O–H groups in total. The summed E-state index contributed by atoms with van der Waals surface area (Å²) >= 11 is 0. The van der Waals surface area contributed by atoms with E-state index in [4.69, 9.17) is 10.5 Å². The molecule has 3 amide bonds. The first-order valence-corrected chi connectivity index (χ1v) is 7.92. The van der Waals surface area contributed by atoms with Crippen LogP contribution in [0.15, 0.2) is 0 Å². The third-order valence-corrected chi connectivity index (χ3v) is 3.64. The van der Waals surface area contributed by atoms with Gasteiger partial charge >= 0.3 is 6.09 Å². The summed E-state index contributed by atoms with van der Waals surface area (Å²) in [5, 5.41) is 2.65. The Morgan fingerprint density at radius 2 is 1.74 bits per heavy atom. The van der Waals surface area contributed by atoms with Crippen molar-refractivity contribution in [1.82, 2.24) is 10.2 Å². The van der Waals surface area contributed by atoms with Crippen molar-refractivity contribution in [3.63, 3.8) is 0 Å². The van der Waals surface area contributed by atoms with Gasteiger partial charge in [0, 0.05) is 6.54 Å². The molecule has 0 aromatic rings. The van der Waals surface area contributed by atoms with Crippen LogP contribution < -0.4 is 11.1 Å². The van der Waals surface area contributed by atoms with Crippen LogP contribution in [0.25, 0.3) is 0 Å². The van der Waals surface area contributed by atoms with Gasteiger partial charge in [-0.2, -0.15) is 0 Å².